The summed E-state index contributed by atoms with van der Waals surface area (Å²) in [4.78, 5) is 12.7. The summed E-state index contributed by atoms with van der Waals surface area (Å²) in [5.74, 6) is 0. The van der Waals surface area contributed by atoms with Crippen LogP contribution in [0.25, 0.3) is 10.2 Å². The third-order valence-corrected chi connectivity index (χ3v) is 8.31. The van der Waals surface area contributed by atoms with Crippen LogP contribution in [-0.4, -0.2) is 13.0 Å². The molecule has 7 heteroatoms. The third-order valence-electron chi connectivity index (χ3n) is 5.95. The molecule has 0 aliphatic carbocycles. The van der Waals surface area contributed by atoms with E-state index in [1.165, 1.54) is 0 Å². The molecule has 0 unspecified atom stereocenters. The van der Waals surface area contributed by atoms with Crippen molar-refractivity contribution in [2.24, 2.45) is 0 Å². The highest BCUT2D eigenvalue weighted by atomic mass is 32.2. The van der Waals surface area contributed by atoms with Crippen molar-refractivity contribution in [2.75, 3.05) is 0 Å². The van der Waals surface area contributed by atoms with Crippen molar-refractivity contribution in [3.8, 4) is 0 Å². The van der Waals surface area contributed by atoms with E-state index in [-0.39, 0.29) is 9.77 Å². The van der Waals surface area contributed by atoms with Crippen LogP contribution in [0, 0.1) is 6.92 Å². The number of hydrogen-bond acceptors (Lipinski definition) is 4. The van der Waals surface area contributed by atoms with E-state index in [4.69, 9.17) is 0 Å². The number of nitrogens with zero attached hydrogens (tertiary/aromatic N) is 1. The highest BCUT2D eigenvalue weighted by Crippen LogP contribution is 2.27. The van der Waals surface area contributed by atoms with Crippen molar-refractivity contribution >= 4 is 31.6 Å². The van der Waals surface area contributed by atoms with Crippen molar-refractivity contribution in [3.05, 3.63) is 135 Å². The molecule has 0 aliphatic heterocycles. The molecule has 0 aliphatic rings. The lowest BCUT2D eigenvalue weighted by Crippen LogP contribution is -2.29. The Morgan fingerprint density at radius 3 is 2.14 bits per heavy atom. The Morgan fingerprint density at radius 2 is 1.46 bits per heavy atom. The summed E-state index contributed by atoms with van der Waals surface area (Å²) in [6.07, 6.45) is 0. The summed E-state index contributed by atoms with van der Waals surface area (Å²) in [6, 6.07) is 31.4. The molecular formula is C28H24N2O3S2. The smallest absolute Gasteiger partial charge is 0.294 e. The fourth-order valence-electron chi connectivity index (χ4n) is 4.09. The zero-order valence-electron chi connectivity index (χ0n) is 19.1. The molecule has 1 aromatic heterocycles. The molecule has 1 atom stereocenters. The molecule has 0 fully saturated rings. The zero-order valence-corrected chi connectivity index (χ0v) is 20.7. The predicted molar refractivity (Wildman–Crippen MR) is 141 cm³/mol. The summed E-state index contributed by atoms with van der Waals surface area (Å²) in [7, 11) is -3.87. The minimum atomic E-state index is -3.87. The monoisotopic (exact) mass is 500 g/mol. The maximum absolute atomic E-state index is 13.5. The maximum atomic E-state index is 13.5. The van der Waals surface area contributed by atoms with Gasteiger partial charge in [-0.15, -0.1) is 0 Å². The maximum Gasteiger partial charge on any atom is 0.308 e. The van der Waals surface area contributed by atoms with E-state index in [0.29, 0.717) is 11.2 Å². The van der Waals surface area contributed by atoms with Crippen LogP contribution in [0.3, 0.4) is 0 Å². The molecule has 0 bridgehead atoms. The average molecular weight is 501 g/mol. The van der Waals surface area contributed by atoms with Gasteiger partial charge in [0.2, 0.25) is 10.0 Å². The van der Waals surface area contributed by atoms with Crippen LogP contribution in [0.2, 0.25) is 0 Å². The number of sulfonamides is 1. The largest absolute Gasteiger partial charge is 0.308 e. The van der Waals surface area contributed by atoms with Crippen molar-refractivity contribution < 1.29 is 8.42 Å². The van der Waals surface area contributed by atoms with E-state index in [9.17, 15) is 13.2 Å². The molecule has 35 heavy (non-hydrogen) atoms. The van der Waals surface area contributed by atoms with E-state index < -0.39 is 16.1 Å². The number of thiazole rings is 1. The average Bonchev–Trinajstić information content (AvgIpc) is 3.18. The second-order valence-electron chi connectivity index (χ2n) is 8.44. The molecule has 0 saturated heterocycles. The molecular weight excluding hydrogens is 476 g/mol. The second kappa shape index (κ2) is 9.62. The van der Waals surface area contributed by atoms with Crippen LogP contribution in [0.5, 0.6) is 0 Å². The summed E-state index contributed by atoms with van der Waals surface area (Å²) in [5.41, 5.74) is 4.53. The first-order valence-corrected chi connectivity index (χ1v) is 13.5. The first kappa shape index (κ1) is 23.2. The van der Waals surface area contributed by atoms with Gasteiger partial charge < -0.3 is 0 Å². The minimum absolute atomic E-state index is 0.117. The molecule has 1 N–H and O–H groups in total. The molecule has 0 radical (unpaired) electrons. The molecule has 0 amide bonds. The van der Waals surface area contributed by atoms with Gasteiger partial charge in [0.1, 0.15) is 0 Å². The van der Waals surface area contributed by atoms with Gasteiger partial charge in [-0.2, -0.15) is 4.72 Å². The third kappa shape index (κ3) is 4.98. The van der Waals surface area contributed by atoms with Crippen LogP contribution in [0.15, 0.2) is 113 Å². The number of rotatable bonds is 7. The van der Waals surface area contributed by atoms with E-state index >= 15 is 0 Å². The SMILES string of the molecule is Cc1ccc([C@@H](NS(=O)(=O)c2ccc3c(c2)sc(=O)n3Cc2ccccc2)c2ccccc2)cc1. The molecule has 5 rings (SSSR count). The number of fused-ring (bicyclic) bond motifs is 1. The van der Waals surface area contributed by atoms with Gasteiger partial charge in [0.05, 0.1) is 27.7 Å². The van der Waals surface area contributed by atoms with Crippen molar-refractivity contribution in [2.45, 2.75) is 24.4 Å². The fourth-order valence-corrected chi connectivity index (χ4v) is 6.33. The Hall–Kier alpha value is -3.52. The lowest BCUT2D eigenvalue weighted by Gasteiger charge is -2.20. The summed E-state index contributed by atoms with van der Waals surface area (Å²) >= 11 is 1.06. The molecule has 5 aromatic rings. The minimum Gasteiger partial charge on any atom is -0.294 e. The Morgan fingerprint density at radius 1 is 0.829 bits per heavy atom. The van der Waals surface area contributed by atoms with Crippen molar-refractivity contribution in [1.29, 1.82) is 0 Å². The molecule has 1 heterocycles. The number of aryl methyl sites for hydroxylation is 1. The molecule has 5 nitrogen and oxygen atoms in total. The summed E-state index contributed by atoms with van der Waals surface area (Å²) in [6.45, 7) is 2.43. The van der Waals surface area contributed by atoms with Crippen LogP contribution in [0.4, 0.5) is 0 Å². The van der Waals surface area contributed by atoms with Gasteiger partial charge in [0.15, 0.2) is 0 Å². The van der Waals surface area contributed by atoms with E-state index in [2.05, 4.69) is 4.72 Å². The summed E-state index contributed by atoms with van der Waals surface area (Å²) in [5, 5.41) is 0. The molecule has 0 saturated carbocycles. The fraction of sp³-hybridized carbons (Fsp3) is 0.107. The van der Waals surface area contributed by atoms with Crippen LogP contribution >= 0.6 is 11.3 Å². The van der Waals surface area contributed by atoms with Gasteiger partial charge in [-0.1, -0.05) is 102 Å². The topological polar surface area (TPSA) is 68.2 Å². The van der Waals surface area contributed by atoms with Gasteiger partial charge >= 0.3 is 4.87 Å². The van der Waals surface area contributed by atoms with Gasteiger partial charge in [-0.3, -0.25) is 9.36 Å². The van der Waals surface area contributed by atoms with Gasteiger partial charge in [0, 0.05) is 0 Å². The van der Waals surface area contributed by atoms with Gasteiger partial charge in [-0.05, 0) is 41.8 Å². The lowest BCUT2D eigenvalue weighted by atomic mass is 9.99. The predicted octanol–water partition coefficient (Wildman–Crippen LogP) is 5.49. The van der Waals surface area contributed by atoms with Gasteiger partial charge in [-0.25, -0.2) is 8.42 Å². The second-order valence-corrected chi connectivity index (χ2v) is 11.2. The zero-order chi connectivity index (χ0) is 24.4. The van der Waals surface area contributed by atoms with Crippen LogP contribution in [-0.2, 0) is 16.6 Å². The van der Waals surface area contributed by atoms with Crippen molar-refractivity contribution in [1.82, 2.24) is 9.29 Å². The number of aromatic nitrogens is 1. The summed E-state index contributed by atoms with van der Waals surface area (Å²) < 4.78 is 32.2. The highest BCUT2D eigenvalue weighted by Gasteiger charge is 2.24. The first-order chi connectivity index (χ1) is 16.9. The Kier molecular flexibility index (Phi) is 6.38. The van der Waals surface area contributed by atoms with Crippen molar-refractivity contribution in [3.63, 3.8) is 0 Å². The normalized spacial score (nSPS) is 12.6. The lowest BCUT2D eigenvalue weighted by molar-refractivity contribution is 0.572. The van der Waals surface area contributed by atoms with Crippen LogP contribution in [0.1, 0.15) is 28.3 Å². The van der Waals surface area contributed by atoms with Gasteiger partial charge in [0.25, 0.3) is 0 Å². The Bertz CT molecular complexity index is 1620. The standard InChI is InChI=1S/C28H24N2O3S2/c1-20-12-14-23(15-13-20)27(22-10-6-3-7-11-22)29-35(32,33)24-16-17-25-26(18-24)34-28(31)30(25)19-21-8-4-2-5-9-21/h2-18,27,29H,19H2,1H3/t27-/m0/s1. The van der Waals surface area contributed by atoms with E-state index in [1.807, 2.05) is 91.9 Å². The Balaban J connectivity index is 1.50. The number of nitrogens with one attached hydrogen (secondary N) is 1. The number of benzene rings is 4. The first-order valence-electron chi connectivity index (χ1n) is 11.2. The van der Waals surface area contributed by atoms with Crippen LogP contribution < -0.4 is 9.60 Å². The molecule has 0 spiro atoms. The highest BCUT2D eigenvalue weighted by molar-refractivity contribution is 7.89. The number of hydrogen-bond donors (Lipinski definition) is 1. The Labute approximate surface area is 208 Å². The van der Waals surface area contributed by atoms with E-state index in [0.717, 1.165) is 39.1 Å². The van der Waals surface area contributed by atoms with E-state index in [1.54, 1.807) is 22.8 Å². The quantitative estimate of drug-likeness (QED) is 0.321. The molecule has 176 valence electrons. The molecule has 4 aromatic carbocycles.